The van der Waals surface area contributed by atoms with Crippen LogP contribution in [0.2, 0.25) is 5.02 Å². The summed E-state index contributed by atoms with van der Waals surface area (Å²) in [5, 5.41) is 3.66. The third-order valence-corrected chi connectivity index (χ3v) is 8.02. The zero-order chi connectivity index (χ0) is 25.7. The maximum Gasteiger partial charge on any atom is 0.245 e. The van der Waals surface area contributed by atoms with E-state index in [9.17, 15) is 14.4 Å². The summed E-state index contributed by atoms with van der Waals surface area (Å²) in [6.07, 6.45) is 7.26. The van der Waals surface area contributed by atoms with Crippen LogP contribution in [-0.4, -0.2) is 83.3 Å². The number of rotatable bonds is 10. The third kappa shape index (κ3) is 7.22. The Labute approximate surface area is 220 Å². The van der Waals surface area contributed by atoms with Crippen molar-refractivity contribution in [2.75, 3.05) is 32.7 Å². The van der Waals surface area contributed by atoms with Crippen molar-refractivity contribution in [1.29, 1.82) is 0 Å². The Balaban J connectivity index is 1.44. The zero-order valence-electron chi connectivity index (χ0n) is 21.8. The van der Waals surface area contributed by atoms with E-state index in [-0.39, 0.29) is 35.7 Å². The van der Waals surface area contributed by atoms with Crippen LogP contribution in [0.5, 0.6) is 0 Å². The molecule has 1 aromatic rings. The average molecular weight is 517 g/mol. The summed E-state index contributed by atoms with van der Waals surface area (Å²) in [6.45, 7) is 7.89. The molecular weight excluding hydrogens is 476 g/mol. The molecule has 1 aromatic carbocycles. The summed E-state index contributed by atoms with van der Waals surface area (Å²) in [4.78, 5) is 45.8. The van der Waals surface area contributed by atoms with Crippen LogP contribution in [0.3, 0.4) is 0 Å². The van der Waals surface area contributed by atoms with Gasteiger partial charge in [0.25, 0.3) is 0 Å². The van der Waals surface area contributed by atoms with Gasteiger partial charge in [-0.1, -0.05) is 56.8 Å². The average Bonchev–Trinajstić information content (AvgIpc) is 3.59. The quantitative estimate of drug-likeness (QED) is 0.483. The van der Waals surface area contributed by atoms with E-state index in [0.717, 1.165) is 57.3 Å². The van der Waals surface area contributed by atoms with Crippen LogP contribution in [-0.2, 0) is 20.8 Å². The topological polar surface area (TPSA) is 72.7 Å². The first-order valence-corrected chi connectivity index (χ1v) is 14.1. The van der Waals surface area contributed by atoms with Gasteiger partial charge in [-0.3, -0.25) is 14.4 Å². The molecule has 2 unspecified atom stereocenters. The first-order chi connectivity index (χ1) is 17.3. The Morgan fingerprint density at radius 2 is 1.69 bits per heavy atom. The van der Waals surface area contributed by atoms with E-state index in [4.69, 9.17) is 11.6 Å². The molecule has 3 amide bonds. The minimum Gasteiger partial charge on any atom is -0.344 e. The second-order valence-corrected chi connectivity index (χ2v) is 11.4. The van der Waals surface area contributed by atoms with Crippen molar-refractivity contribution in [1.82, 2.24) is 20.0 Å². The molecular formula is C28H41ClN4O3. The lowest BCUT2D eigenvalue weighted by Gasteiger charge is -2.39. The van der Waals surface area contributed by atoms with Crippen molar-refractivity contribution >= 4 is 29.3 Å². The normalized spacial score (nSPS) is 21.4. The first kappa shape index (κ1) is 26.9. The number of hydrogen-bond acceptors (Lipinski definition) is 4. The van der Waals surface area contributed by atoms with E-state index < -0.39 is 6.04 Å². The summed E-state index contributed by atoms with van der Waals surface area (Å²) >= 11 is 6.05. The maximum absolute atomic E-state index is 13.7. The molecule has 0 radical (unpaired) electrons. The molecule has 2 saturated heterocycles. The molecule has 1 saturated carbocycles. The van der Waals surface area contributed by atoms with Gasteiger partial charge in [0.1, 0.15) is 6.04 Å². The van der Waals surface area contributed by atoms with E-state index in [1.165, 1.54) is 6.42 Å². The molecule has 36 heavy (non-hydrogen) atoms. The summed E-state index contributed by atoms with van der Waals surface area (Å²) in [5.74, 6) is -0.0185. The Kier molecular flexibility index (Phi) is 9.29. The lowest BCUT2D eigenvalue weighted by atomic mass is 9.92. The third-order valence-electron chi connectivity index (χ3n) is 7.77. The predicted molar refractivity (Wildman–Crippen MR) is 142 cm³/mol. The molecule has 2 heterocycles. The molecule has 4 rings (SSSR count). The highest BCUT2D eigenvalue weighted by molar-refractivity contribution is 6.30. The highest BCUT2D eigenvalue weighted by atomic mass is 35.5. The first-order valence-electron chi connectivity index (χ1n) is 13.7. The molecule has 0 spiro atoms. The van der Waals surface area contributed by atoms with E-state index >= 15 is 0 Å². The van der Waals surface area contributed by atoms with Gasteiger partial charge < -0.3 is 20.0 Å². The predicted octanol–water partition coefficient (Wildman–Crippen LogP) is 3.49. The number of benzene rings is 1. The molecule has 3 aliphatic rings. The summed E-state index contributed by atoms with van der Waals surface area (Å²) in [7, 11) is 0. The number of carbonyl (C=O) groups excluding carboxylic acids is 3. The second-order valence-electron chi connectivity index (χ2n) is 11.0. The van der Waals surface area contributed by atoms with E-state index in [2.05, 4.69) is 15.1 Å². The SMILES string of the molecule is CC(C)C(=O)N(C1CCCCC1)C1CCN(C(=O)C(Cc2ccc(Cl)cc2)NC(=O)CCN2CC2)C1. The molecule has 1 aliphatic carbocycles. The molecule has 0 aromatic heterocycles. The number of nitrogens with one attached hydrogen (secondary N) is 1. The van der Waals surface area contributed by atoms with Gasteiger partial charge in [0.05, 0.1) is 6.04 Å². The number of amides is 3. The highest BCUT2D eigenvalue weighted by Gasteiger charge is 2.39. The zero-order valence-corrected chi connectivity index (χ0v) is 22.5. The van der Waals surface area contributed by atoms with Crippen molar-refractivity contribution in [3.63, 3.8) is 0 Å². The molecule has 198 valence electrons. The van der Waals surface area contributed by atoms with Crippen molar-refractivity contribution in [2.45, 2.75) is 83.3 Å². The smallest absolute Gasteiger partial charge is 0.245 e. The fourth-order valence-electron chi connectivity index (χ4n) is 5.58. The van der Waals surface area contributed by atoms with Crippen LogP contribution in [0, 0.1) is 5.92 Å². The lowest BCUT2D eigenvalue weighted by molar-refractivity contribution is -0.141. The van der Waals surface area contributed by atoms with Gasteiger partial charge in [0, 0.05) is 62.5 Å². The summed E-state index contributed by atoms with van der Waals surface area (Å²) < 4.78 is 0. The molecule has 2 aliphatic heterocycles. The fourth-order valence-corrected chi connectivity index (χ4v) is 5.71. The number of halogens is 1. The van der Waals surface area contributed by atoms with Gasteiger partial charge in [-0.25, -0.2) is 0 Å². The number of hydrogen-bond donors (Lipinski definition) is 1. The Hall–Kier alpha value is -2.12. The minimum absolute atomic E-state index is 0.0431. The van der Waals surface area contributed by atoms with Gasteiger partial charge in [0.2, 0.25) is 17.7 Å². The van der Waals surface area contributed by atoms with E-state index in [1.807, 2.05) is 43.0 Å². The van der Waals surface area contributed by atoms with Crippen LogP contribution in [0.25, 0.3) is 0 Å². The fraction of sp³-hybridized carbons (Fsp3) is 0.679. The number of carbonyl (C=O) groups is 3. The van der Waals surface area contributed by atoms with Crippen LogP contribution in [0.15, 0.2) is 24.3 Å². The van der Waals surface area contributed by atoms with E-state index in [1.54, 1.807) is 0 Å². The van der Waals surface area contributed by atoms with Crippen LogP contribution in [0.4, 0.5) is 0 Å². The van der Waals surface area contributed by atoms with Gasteiger partial charge in [-0.2, -0.15) is 0 Å². The van der Waals surface area contributed by atoms with Crippen molar-refractivity contribution < 1.29 is 14.4 Å². The second kappa shape index (κ2) is 12.4. The van der Waals surface area contributed by atoms with Gasteiger partial charge >= 0.3 is 0 Å². The summed E-state index contributed by atoms with van der Waals surface area (Å²) in [6, 6.07) is 7.12. The number of likely N-dealkylation sites (tertiary alicyclic amines) is 1. The molecule has 2 atom stereocenters. The highest BCUT2D eigenvalue weighted by Crippen LogP contribution is 2.29. The monoisotopic (exact) mass is 516 g/mol. The molecule has 0 bridgehead atoms. The Bertz CT molecular complexity index is 912. The van der Waals surface area contributed by atoms with Crippen LogP contribution < -0.4 is 5.32 Å². The lowest BCUT2D eigenvalue weighted by Crippen LogP contribution is -2.52. The van der Waals surface area contributed by atoms with Crippen molar-refractivity contribution in [3.05, 3.63) is 34.9 Å². The van der Waals surface area contributed by atoms with Crippen LogP contribution in [0.1, 0.15) is 64.4 Å². The van der Waals surface area contributed by atoms with Crippen molar-refractivity contribution in [2.24, 2.45) is 5.92 Å². The van der Waals surface area contributed by atoms with E-state index in [0.29, 0.717) is 31.0 Å². The Morgan fingerprint density at radius 1 is 1.00 bits per heavy atom. The standard InChI is InChI=1S/C28H41ClN4O3/c1-20(2)27(35)33(23-6-4-3-5-7-23)24-12-15-32(19-24)28(36)25(18-21-8-10-22(29)11-9-21)30-26(34)13-14-31-16-17-31/h8-11,20,23-25H,3-7,12-19H2,1-2H3,(H,30,34). The van der Waals surface area contributed by atoms with Gasteiger partial charge in [-0.05, 0) is 37.0 Å². The molecule has 3 fully saturated rings. The molecule has 8 heteroatoms. The molecule has 1 N–H and O–H groups in total. The summed E-state index contributed by atoms with van der Waals surface area (Å²) in [5.41, 5.74) is 0.957. The maximum atomic E-state index is 13.7. The largest absolute Gasteiger partial charge is 0.344 e. The van der Waals surface area contributed by atoms with Gasteiger partial charge in [0.15, 0.2) is 0 Å². The number of nitrogens with zero attached hydrogens (tertiary/aromatic N) is 3. The van der Waals surface area contributed by atoms with Crippen molar-refractivity contribution in [3.8, 4) is 0 Å². The van der Waals surface area contributed by atoms with Gasteiger partial charge in [-0.15, -0.1) is 0 Å². The Morgan fingerprint density at radius 3 is 2.33 bits per heavy atom. The minimum atomic E-state index is -0.629. The van der Waals surface area contributed by atoms with Crippen LogP contribution >= 0.6 is 11.6 Å². The molecule has 7 nitrogen and oxygen atoms in total.